The molecule has 31 heavy (non-hydrogen) atoms. The summed E-state index contributed by atoms with van der Waals surface area (Å²) in [6, 6.07) is 15.8. The predicted octanol–water partition coefficient (Wildman–Crippen LogP) is 4.25. The van der Waals surface area contributed by atoms with Crippen molar-refractivity contribution in [1.29, 1.82) is 0 Å². The summed E-state index contributed by atoms with van der Waals surface area (Å²) in [5, 5.41) is 3.47. The maximum absolute atomic E-state index is 13.1. The summed E-state index contributed by atoms with van der Waals surface area (Å²) in [6.45, 7) is 4.53. The topological polar surface area (TPSA) is 73.2 Å². The van der Waals surface area contributed by atoms with E-state index in [0.29, 0.717) is 28.9 Å². The van der Waals surface area contributed by atoms with E-state index in [4.69, 9.17) is 4.74 Å². The molecule has 1 aliphatic heterocycles. The van der Waals surface area contributed by atoms with Gasteiger partial charge in [-0.15, -0.1) is 0 Å². The first-order chi connectivity index (χ1) is 15.0. The van der Waals surface area contributed by atoms with Crippen LogP contribution in [0.5, 0.6) is 5.75 Å². The summed E-state index contributed by atoms with van der Waals surface area (Å²) < 4.78 is 7.42. The minimum absolute atomic E-state index is 0.116. The monoisotopic (exact) mass is 435 g/mol. The zero-order chi connectivity index (χ0) is 22.0. The number of carbonyl (C=O) groups excluding carboxylic acids is 1. The third kappa shape index (κ3) is 4.51. The van der Waals surface area contributed by atoms with E-state index in [1.54, 1.807) is 0 Å². The van der Waals surface area contributed by atoms with Gasteiger partial charge in [0, 0.05) is 25.1 Å². The lowest BCUT2D eigenvalue weighted by molar-refractivity contribution is -0.116. The lowest BCUT2D eigenvalue weighted by atomic mass is 9.86. The van der Waals surface area contributed by atoms with Gasteiger partial charge in [-0.2, -0.15) is 4.98 Å². The molecule has 2 heterocycles. The quantitative estimate of drug-likeness (QED) is 0.463. The molecule has 0 saturated heterocycles. The molecule has 1 atom stereocenters. The molecule has 1 unspecified atom stereocenters. The van der Waals surface area contributed by atoms with E-state index in [0.717, 1.165) is 16.9 Å². The number of thioether (sulfide) groups is 1. The molecular weight excluding hydrogens is 410 g/mol. The first-order valence-corrected chi connectivity index (χ1v) is 11.3. The second kappa shape index (κ2) is 8.98. The van der Waals surface area contributed by atoms with Crippen LogP contribution in [0.2, 0.25) is 0 Å². The summed E-state index contributed by atoms with van der Waals surface area (Å²) in [7, 11) is 1.84. The predicted molar refractivity (Wildman–Crippen MR) is 123 cm³/mol. The number of amides is 1. The second-order valence-electron chi connectivity index (χ2n) is 7.61. The van der Waals surface area contributed by atoms with Crippen molar-refractivity contribution < 1.29 is 9.53 Å². The van der Waals surface area contributed by atoms with Crippen LogP contribution < -0.4 is 15.6 Å². The Bertz CT molecular complexity index is 1190. The number of ether oxygens (including phenoxy) is 1. The van der Waals surface area contributed by atoms with Crippen LogP contribution in [0.3, 0.4) is 0 Å². The molecule has 4 rings (SSSR count). The Morgan fingerprint density at radius 2 is 2.00 bits per heavy atom. The van der Waals surface area contributed by atoms with Crippen LogP contribution in [0.25, 0.3) is 0 Å². The van der Waals surface area contributed by atoms with Gasteiger partial charge in [0.1, 0.15) is 11.6 Å². The van der Waals surface area contributed by atoms with E-state index in [1.807, 2.05) is 48.9 Å². The third-order valence-corrected chi connectivity index (χ3v) is 6.42. The van der Waals surface area contributed by atoms with Crippen molar-refractivity contribution in [3.8, 4) is 5.75 Å². The molecule has 7 heteroatoms. The SMILES string of the molecule is CCOc1cccc(C2CC(=O)Nc3c2c(=O)nc(SCc2cccc(C)c2)n3C)c1. The Balaban J connectivity index is 1.70. The van der Waals surface area contributed by atoms with Crippen LogP contribution in [-0.2, 0) is 17.6 Å². The van der Waals surface area contributed by atoms with E-state index in [9.17, 15) is 9.59 Å². The van der Waals surface area contributed by atoms with Crippen molar-refractivity contribution in [3.05, 3.63) is 81.1 Å². The summed E-state index contributed by atoms with van der Waals surface area (Å²) in [6.07, 6.45) is 0.204. The number of rotatable bonds is 6. The average molecular weight is 436 g/mol. The summed E-state index contributed by atoms with van der Waals surface area (Å²) in [4.78, 5) is 30.0. The highest BCUT2D eigenvalue weighted by Gasteiger charge is 2.32. The molecule has 0 bridgehead atoms. The number of nitrogens with zero attached hydrogens (tertiary/aromatic N) is 2. The number of fused-ring (bicyclic) bond motifs is 1. The second-order valence-corrected chi connectivity index (χ2v) is 8.55. The largest absolute Gasteiger partial charge is 0.494 e. The molecule has 1 aromatic heterocycles. The molecule has 0 spiro atoms. The van der Waals surface area contributed by atoms with E-state index in [-0.39, 0.29) is 23.8 Å². The van der Waals surface area contributed by atoms with Crippen LogP contribution in [0, 0.1) is 6.92 Å². The first-order valence-electron chi connectivity index (χ1n) is 10.3. The molecule has 2 aromatic carbocycles. The van der Waals surface area contributed by atoms with E-state index in [1.165, 1.54) is 17.3 Å². The van der Waals surface area contributed by atoms with Crippen LogP contribution in [0.1, 0.15) is 41.5 Å². The molecule has 1 amide bonds. The highest BCUT2D eigenvalue weighted by atomic mass is 32.2. The molecule has 0 aliphatic carbocycles. The average Bonchev–Trinajstić information content (AvgIpc) is 2.75. The molecule has 1 N–H and O–H groups in total. The van der Waals surface area contributed by atoms with Gasteiger partial charge in [0.05, 0.1) is 12.2 Å². The molecule has 160 valence electrons. The molecule has 0 fully saturated rings. The lowest BCUT2D eigenvalue weighted by Gasteiger charge is -2.27. The molecular formula is C24H25N3O3S. The van der Waals surface area contributed by atoms with Crippen molar-refractivity contribution in [3.63, 3.8) is 0 Å². The van der Waals surface area contributed by atoms with E-state index in [2.05, 4.69) is 35.4 Å². The molecule has 0 radical (unpaired) electrons. The first kappa shape index (κ1) is 21.2. The number of benzene rings is 2. The van der Waals surface area contributed by atoms with Gasteiger partial charge in [-0.05, 0) is 37.1 Å². The Hall–Kier alpha value is -3.06. The van der Waals surface area contributed by atoms with Crippen LogP contribution >= 0.6 is 11.8 Å². The number of aryl methyl sites for hydroxylation is 1. The fourth-order valence-electron chi connectivity index (χ4n) is 3.89. The Morgan fingerprint density at radius 3 is 2.77 bits per heavy atom. The van der Waals surface area contributed by atoms with Crippen molar-refractivity contribution in [2.45, 2.75) is 37.1 Å². The van der Waals surface area contributed by atoms with E-state index < -0.39 is 0 Å². The summed E-state index contributed by atoms with van der Waals surface area (Å²) in [5.41, 5.74) is 3.45. The van der Waals surface area contributed by atoms with Crippen molar-refractivity contribution in [1.82, 2.24) is 9.55 Å². The Kier molecular flexibility index (Phi) is 6.13. The van der Waals surface area contributed by atoms with Gasteiger partial charge >= 0.3 is 0 Å². The Morgan fingerprint density at radius 1 is 1.19 bits per heavy atom. The fourth-order valence-corrected chi connectivity index (χ4v) is 4.79. The van der Waals surface area contributed by atoms with Gasteiger partial charge in [0.15, 0.2) is 5.16 Å². The zero-order valence-electron chi connectivity index (χ0n) is 17.8. The normalized spacial score (nSPS) is 15.3. The number of nitrogens with one attached hydrogen (secondary N) is 1. The van der Waals surface area contributed by atoms with Gasteiger partial charge in [-0.3, -0.25) is 9.59 Å². The lowest BCUT2D eigenvalue weighted by Crippen LogP contribution is -2.33. The van der Waals surface area contributed by atoms with Gasteiger partial charge < -0.3 is 14.6 Å². The van der Waals surface area contributed by atoms with Gasteiger partial charge in [-0.25, -0.2) is 0 Å². The van der Waals surface area contributed by atoms with Crippen molar-refractivity contribution in [2.75, 3.05) is 11.9 Å². The number of aromatic nitrogens is 2. The number of hydrogen-bond donors (Lipinski definition) is 1. The van der Waals surface area contributed by atoms with Crippen LogP contribution in [0.15, 0.2) is 58.5 Å². The molecule has 3 aromatic rings. The van der Waals surface area contributed by atoms with Gasteiger partial charge in [0.2, 0.25) is 5.91 Å². The molecule has 6 nitrogen and oxygen atoms in total. The zero-order valence-corrected chi connectivity index (χ0v) is 18.7. The highest BCUT2D eigenvalue weighted by molar-refractivity contribution is 7.98. The Labute approximate surface area is 185 Å². The number of anilines is 1. The highest BCUT2D eigenvalue weighted by Crippen LogP contribution is 2.37. The summed E-state index contributed by atoms with van der Waals surface area (Å²) in [5.74, 6) is 1.47. The minimum Gasteiger partial charge on any atom is -0.494 e. The maximum Gasteiger partial charge on any atom is 0.279 e. The van der Waals surface area contributed by atoms with Gasteiger partial charge in [0.25, 0.3) is 5.56 Å². The standard InChI is InChI=1S/C24H25N3O3S/c1-4-30-18-10-6-9-17(12-18)19-13-20(28)25-22-21(19)23(29)26-24(27(22)3)31-14-16-8-5-7-15(2)11-16/h5-12,19H,4,13-14H2,1-3H3,(H,25,28). The van der Waals surface area contributed by atoms with E-state index >= 15 is 0 Å². The minimum atomic E-state index is -0.355. The smallest absolute Gasteiger partial charge is 0.279 e. The summed E-state index contributed by atoms with van der Waals surface area (Å²) >= 11 is 1.48. The molecule has 0 saturated carbocycles. The van der Waals surface area contributed by atoms with Gasteiger partial charge in [-0.1, -0.05) is 53.7 Å². The maximum atomic E-state index is 13.1. The number of carbonyl (C=O) groups is 1. The third-order valence-electron chi connectivity index (χ3n) is 5.32. The van der Waals surface area contributed by atoms with Crippen LogP contribution in [-0.4, -0.2) is 22.1 Å². The molecule has 1 aliphatic rings. The van der Waals surface area contributed by atoms with Crippen LogP contribution in [0.4, 0.5) is 5.82 Å². The fraction of sp³-hybridized carbons (Fsp3) is 0.292. The number of hydrogen-bond acceptors (Lipinski definition) is 5. The van der Waals surface area contributed by atoms with Crippen molar-refractivity contribution >= 4 is 23.5 Å². The van der Waals surface area contributed by atoms with Crippen molar-refractivity contribution in [2.24, 2.45) is 7.05 Å².